The molecular formula is C20H20F5N5O2. The Hall–Kier alpha value is -3.31. The van der Waals surface area contributed by atoms with Crippen LogP contribution in [-0.4, -0.2) is 26.5 Å². The van der Waals surface area contributed by atoms with E-state index in [4.69, 9.17) is 4.42 Å². The fourth-order valence-corrected chi connectivity index (χ4v) is 3.15. The van der Waals surface area contributed by atoms with E-state index in [1.54, 1.807) is 12.1 Å². The number of nitrogens with zero attached hydrogens (tertiary/aromatic N) is 4. The van der Waals surface area contributed by atoms with Crippen LogP contribution in [-0.2, 0) is 5.54 Å². The second-order valence-electron chi connectivity index (χ2n) is 6.67. The standard InChI is InChI=1S/C18H14F5N5O2.C2H6/c19-13(20)15-28-27-14(29-15)10-8-24-16(25-9-10)26-17(6-1-7-17)11-2-4-12(5-3-11)30-18(21,22)23;1-2/h2-5,8-9,13H,1,6-7H2,(H,24,25,26);1-2H3. The summed E-state index contributed by atoms with van der Waals surface area (Å²) < 4.78 is 70.9. The van der Waals surface area contributed by atoms with Crippen LogP contribution in [0, 0.1) is 0 Å². The van der Waals surface area contributed by atoms with E-state index in [1.807, 2.05) is 13.8 Å². The molecule has 0 saturated heterocycles. The highest BCUT2D eigenvalue weighted by Crippen LogP contribution is 2.44. The Balaban J connectivity index is 0.00000141. The summed E-state index contributed by atoms with van der Waals surface area (Å²) in [5.74, 6) is -0.958. The third-order valence-corrected chi connectivity index (χ3v) is 4.72. The molecule has 0 atom stereocenters. The summed E-state index contributed by atoms with van der Waals surface area (Å²) in [6.07, 6.45) is -2.53. The summed E-state index contributed by atoms with van der Waals surface area (Å²) in [7, 11) is 0. The Kier molecular flexibility index (Phi) is 6.90. The molecule has 2 heterocycles. The van der Waals surface area contributed by atoms with E-state index in [2.05, 4.69) is 30.2 Å². The molecule has 1 aliphatic rings. The van der Waals surface area contributed by atoms with E-state index in [0.717, 1.165) is 24.8 Å². The van der Waals surface area contributed by atoms with Crippen molar-refractivity contribution in [2.75, 3.05) is 5.32 Å². The molecule has 1 fully saturated rings. The third-order valence-electron chi connectivity index (χ3n) is 4.72. The minimum absolute atomic E-state index is 0.129. The average Bonchev–Trinajstić information content (AvgIpc) is 3.23. The zero-order valence-corrected chi connectivity index (χ0v) is 17.2. The molecule has 0 bridgehead atoms. The van der Waals surface area contributed by atoms with Gasteiger partial charge in [-0.25, -0.2) is 9.97 Å². The van der Waals surface area contributed by atoms with Crippen molar-refractivity contribution in [2.24, 2.45) is 0 Å². The summed E-state index contributed by atoms with van der Waals surface area (Å²) in [5.41, 5.74) is 0.525. The van der Waals surface area contributed by atoms with Crippen molar-refractivity contribution in [3.63, 3.8) is 0 Å². The van der Waals surface area contributed by atoms with E-state index in [-0.39, 0.29) is 23.2 Å². The first kappa shape index (κ1) is 23.4. The van der Waals surface area contributed by atoms with Crippen LogP contribution in [0.1, 0.15) is 51.0 Å². The molecule has 7 nitrogen and oxygen atoms in total. The van der Waals surface area contributed by atoms with E-state index in [1.165, 1.54) is 24.5 Å². The maximum Gasteiger partial charge on any atom is 0.573 e. The van der Waals surface area contributed by atoms with Gasteiger partial charge in [-0.15, -0.1) is 23.4 Å². The quantitative estimate of drug-likeness (QED) is 0.463. The maximum absolute atomic E-state index is 12.6. The Morgan fingerprint density at radius 1 is 1.03 bits per heavy atom. The molecule has 2 aromatic heterocycles. The lowest BCUT2D eigenvalue weighted by molar-refractivity contribution is -0.274. The molecule has 4 rings (SSSR count). The van der Waals surface area contributed by atoms with Gasteiger partial charge in [0.2, 0.25) is 5.95 Å². The SMILES string of the molecule is CC.FC(F)c1nnc(-c2cnc(NC3(c4ccc(OC(F)(F)F)cc4)CCC3)nc2)o1. The zero-order chi connectivity index (χ0) is 23.4. The van der Waals surface area contributed by atoms with Crippen molar-refractivity contribution in [1.82, 2.24) is 20.2 Å². The fourth-order valence-electron chi connectivity index (χ4n) is 3.15. The normalized spacial score (nSPS) is 14.9. The highest BCUT2D eigenvalue weighted by atomic mass is 19.4. The van der Waals surface area contributed by atoms with Gasteiger partial charge < -0.3 is 14.5 Å². The number of ether oxygens (including phenoxy) is 1. The summed E-state index contributed by atoms with van der Waals surface area (Å²) in [5, 5.41) is 9.98. The fraction of sp³-hybridized carbons (Fsp3) is 0.400. The summed E-state index contributed by atoms with van der Waals surface area (Å²) in [6.45, 7) is 4.00. The van der Waals surface area contributed by atoms with Crippen LogP contribution < -0.4 is 10.1 Å². The van der Waals surface area contributed by atoms with Gasteiger partial charge in [0.15, 0.2) is 0 Å². The van der Waals surface area contributed by atoms with Gasteiger partial charge in [0.25, 0.3) is 11.8 Å². The van der Waals surface area contributed by atoms with Crippen molar-refractivity contribution in [3.05, 3.63) is 48.1 Å². The minimum atomic E-state index is -4.75. The number of nitrogens with one attached hydrogen (secondary N) is 1. The second-order valence-corrected chi connectivity index (χ2v) is 6.67. The van der Waals surface area contributed by atoms with Crippen LogP contribution in [0.2, 0.25) is 0 Å². The third kappa shape index (κ3) is 5.29. The number of benzene rings is 1. The number of halogens is 5. The van der Waals surface area contributed by atoms with Crippen LogP contribution in [0.15, 0.2) is 41.1 Å². The smallest absolute Gasteiger partial charge is 0.415 e. The van der Waals surface area contributed by atoms with Crippen LogP contribution in [0.4, 0.5) is 27.9 Å². The predicted octanol–water partition coefficient (Wildman–Crippen LogP) is 5.88. The number of rotatable bonds is 6. The number of hydrogen-bond donors (Lipinski definition) is 1. The largest absolute Gasteiger partial charge is 0.573 e. The lowest BCUT2D eigenvalue weighted by atomic mass is 9.72. The van der Waals surface area contributed by atoms with Gasteiger partial charge in [-0.3, -0.25) is 0 Å². The molecule has 0 unspecified atom stereocenters. The van der Waals surface area contributed by atoms with E-state index >= 15 is 0 Å². The topological polar surface area (TPSA) is 86.0 Å². The summed E-state index contributed by atoms with van der Waals surface area (Å²) in [6, 6.07) is 5.63. The Morgan fingerprint density at radius 2 is 1.66 bits per heavy atom. The molecular weight excluding hydrogens is 437 g/mol. The molecule has 1 N–H and O–H groups in total. The summed E-state index contributed by atoms with van der Waals surface area (Å²) >= 11 is 0. The first-order chi connectivity index (χ1) is 15.2. The molecule has 0 spiro atoms. The molecule has 0 radical (unpaired) electrons. The summed E-state index contributed by atoms with van der Waals surface area (Å²) in [4.78, 5) is 8.31. The average molecular weight is 457 g/mol. The van der Waals surface area contributed by atoms with Gasteiger partial charge in [0.1, 0.15) is 5.75 Å². The van der Waals surface area contributed by atoms with Crippen LogP contribution >= 0.6 is 0 Å². The molecule has 1 aromatic carbocycles. The van der Waals surface area contributed by atoms with E-state index in [9.17, 15) is 22.0 Å². The number of aromatic nitrogens is 4. The molecule has 12 heteroatoms. The molecule has 3 aromatic rings. The van der Waals surface area contributed by atoms with Gasteiger partial charge in [-0.1, -0.05) is 26.0 Å². The van der Waals surface area contributed by atoms with Gasteiger partial charge in [0, 0.05) is 12.4 Å². The van der Waals surface area contributed by atoms with E-state index in [0.29, 0.717) is 0 Å². The molecule has 172 valence electrons. The van der Waals surface area contributed by atoms with Gasteiger partial charge >= 0.3 is 12.8 Å². The van der Waals surface area contributed by atoms with Crippen LogP contribution in [0.25, 0.3) is 11.5 Å². The monoisotopic (exact) mass is 457 g/mol. The zero-order valence-electron chi connectivity index (χ0n) is 17.2. The predicted molar refractivity (Wildman–Crippen MR) is 104 cm³/mol. The lowest BCUT2D eigenvalue weighted by Gasteiger charge is -2.43. The Bertz CT molecular complexity index is 1000. The van der Waals surface area contributed by atoms with Crippen LogP contribution in [0.5, 0.6) is 5.75 Å². The van der Waals surface area contributed by atoms with Crippen molar-refractivity contribution < 1.29 is 31.1 Å². The van der Waals surface area contributed by atoms with Crippen molar-refractivity contribution >= 4 is 5.95 Å². The minimum Gasteiger partial charge on any atom is -0.415 e. The number of hydrogen-bond acceptors (Lipinski definition) is 7. The molecule has 0 aliphatic heterocycles. The van der Waals surface area contributed by atoms with Crippen molar-refractivity contribution in [1.29, 1.82) is 0 Å². The first-order valence-corrected chi connectivity index (χ1v) is 9.83. The Labute approximate surface area is 180 Å². The molecule has 1 saturated carbocycles. The molecule has 1 aliphatic carbocycles. The molecule has 0 amide bonds. The Morgan fingerprint density at radius 3 is 2.12 bits per heavy atom. The van der Waals surface area contributed by atoms with Gasteiger partial charge in [0.05, 0.1) is 11.1 Å². The first-order valence-electron chi connectivity index (χ1n) is 9.83. The number of alkyl halides is 5. The molecule has 32 heavy (non-hydrogen) atoms. The maximum atomic E-state index is 12.6. The van der Waals surface area contributed by atoms with Gasteiger partial charge in [-0.05, 0) is 37.0 Å². The highest BCUT2D eigenvalue weighted by Gasteiger charge is 2.39. The van der Waals surface area contributed by atoms with E-state index < -0.39 is 24.2 Å². The lowest BCUT2D eigenvalue weighted by Crippen LogP contribution is -2.42. The van der Waals surface area contributed by atoms with Crippen LogP contribution in [0.3, 0.4) is 0 Å². The second kappa shape index (κ2) is 9.45. The highest BCUT2D eigenvalue weighted by molar-refractivity contribution is 5.51. The van der Waals surface area contributed by atoms with Crippen molar-refractivity contribution in [2.45, 2.75) is 51.4 Å². The van der Waals surface area contributed by atoms with Crippen molar-refractivity contribution in [3.8, 4) is 17.2 Å². The number of anilines is 1. The van der Waals surface area contributed by atoms with Gasteiger partial charge in [-0.2, -0.15) is 8.78 Å².